The summed E-state index contributed by atoms with van der Waals surface area (Å²) >= 11 is 0. The van der Waals surface area contributed by atoms with Crippen LogP contribution in [0.1, 0.15) is 25.0 Å². The molecule has 0 amide bonds. The molecule has 4 nitrogen and oxygen atoms in total. The molecule has 0 saturated carbocycles. The number of hydrazine groups is 1. The SMILES string of the molecule is COc1ccc(C(C)(C)CNCNN)cc1C. The molecular formula is C13H23N3O. The summed E-state index contributed by atoms with van der Waals surface area (Å²) in [6, 6.07) is 6.31. The van der Waals surface area contributed by atoms with Crippen LogP contribution in [-0.2, 0) is 5.41 Å². The number of nitrogens with one attached hydrogen (secondary N) is 2. The molecule has 0 atom stereocenters. The smallest absolute Gasteiger partial charge is 0.121 e. The van der Waals surface area contributed by atoms with Gasteiger partial charge in [0.1, 0.15) is 5.75 Å². The molecule has 0 saturated heterocycles. The Kier molecular flexibility index (Phi) is 4.93. The van der Waals surface area contributed by atoms with Gasteiger partial charge in [-0.15, -0.1) is 0 Å². The van der Waals surface area contributed by atoms with Crippen molar-refractivity contribution in [1.29, 1.82) is 0 Å². The first-order chi connectivity index (χ1) is 8.01. The van der Waals surface area contributed by atoms with Gasteiger partial charge in [-0.05, 0) is 24.1 Å². The fraction of sp³-hybridized carbons (Fsp3) is 0.538. The van der Waals surface area contributed by atoms with Crippen molar-refractivity contribution in [2.24, 2.45) is 5.84 Å². The van der Waals surface area contributed by atoms with Gasteiger partial charge >= 0.3 is 0 Å². The average molecular weight is 237 g/mol. The monoisotopic (exact) mass is 237 g/mol. The molecule has 0 aliphatic heterocycles. The van der Waals surface area contributed by atoms with E-state index < -0.39 is 0 Å². The van der Waals surface area contributed by atoms with Crippen molar-refractivity contribution in [3.8, 4) is 5.75 Å². The van der Waals surface area contributed by atoms with Gasteiger partial charge in [-0.1, -0.05) is 26.0 Å². The van der Waals surface area contributed by atoms with Gasteiger partial charge in [0.25, 0.3) is 0 Å². The molecule has 0 aliphatic rings. The average Bonchev–Trinajstić information content (AvgIpc) is 2.29. The van der Waals surface area contributed by atoms with Crippen molar-refractivity contribution in [2.45, 2.75) is 26.2 Å². The Bertz CT molecular complexity index is 364. The summed E-state index contributed by atoms with van der Waals surface area (Å²) in [5.74, 6) is 6.16. The maximum Gasteiger partial charge on any atom is 0.121 e. The van der Waals surface area contributed by atoms with Crippen molar-refractivity contribution < 1.29 is 4.74 Å². The van der Waals surface area contributed by atoms with Crippen LogP contribution in [0.3, 0.4) is 0 Å². The summed E-state index contributed by atoms with van der Waals surface area (Å²) in [5, 5.41) is 3.25. The summed E-state index contributed by atoms with van der Waals surface area (Å²) in [5.41, 5.74) is 5.11. The van der Waals surface area contributed by atoms with Crippen LogP contribution in [-0.4, -0.2) is 20.3 Å². The van der Waals surface area contributed by atoms with Crippen LogP contribution in [0, 0.1) is 6.92 Å². The largest absolute Gasteiger partial charge is 0.496 e. The zero-order valence-electron chi connectivity index (χ0n) is 11.1. The number of benzene rings is 1. The molecule has 1 aromatic carbocycles. The molecule has 0 bridgehead atoms. The number of rotatable bonds is 6. The van der Waals surface area contributed by atoms with E-state index in [4.69, 9.17) is 10.6 Å². The molecule has 0 aromatic heterocycles. The Balaban J connectivity index is 2.80. The summed E-state index contributed by atoms with van der Waals surface area (Å²) in [7, 11) is 1.70. The fourth-order valence-corrected chi connectivity index (χ4v) is 1.85. The lowest BCUT2D eigenvalue weighted by Crippen LogP contribution is -2.40. The highest BCUT2D eigenvalue weighted by Gasteiger charge is 2.20. The van der Waals surface area contributed by atoms with Gasteiger partial charge in [-0.2, -0.15) is 0 Å². The van der Waals surface area contributed by atoms with Crippen LogP contribution < -0.4 is 21.3 Å². The fourth-order valence-electron chi connectivity index (χ4n) is 1.85. The minimum Gasteiger partial charge on any atom is -0.496 e. The van der Waals surface area contributed by atoms with E-state index >= 15 is 0 Å². The number of hydrogen-bond acceptors (Lipinski definition) is 4. The zero-order chi connectivity index (χ0) is 12.9. The highest BCUT2D eigenvalue weighted by molar-refractivity contribution is 5.39. The van der Waals surface area contributed by atoms with E-state index in [1.165, 1.54) is 5.56 Å². The Morgan fingerprint density at radius 2 is 2.06 bits per heavy atom. The molecule has 0 heterocycles. The molecule has 4 heteroatoms. The Labute approximate surface area is 104 Å². The second-order valence-electron chi connectivity index (χ2n) is 4.88. The molecule has 4 N–H and O–H groups in total. The van der Waals surface area contributed by atoms with E-state index in [0.29, 0.717) is 6.67 Å². The predicted molar refractivity (Wildman–Crippen MR) is 70.9 cm³/mol. The molecule has 0 radical (unpaired) electrons. The van der Waals surface area contributed by atoms with E-state index in [1.54, 1.807) is 7.11 Å². The first-order valence-corrected chi connectivity index (χ1v) is 5.80. The van der Waals surface area contributed by atoms with E-state index in [0.717, 1.165) is 17.9 Å². The number of methoxy groups -OCH3 is 1. The molecule has 0 unspecified atom stereocenters. The highest BCUT2D eigenvalue weighted by atomic mass is 16.5. The molecule has 96 valence electrons. The van der Waals surface area contributed by atoms with Crippen molar-refractivity contribution >= 4 is 0 Å². The van der Waals surface area contributed by atoms with Gasteiger partial charge in [0.2, 0.25) is 0 Å². The van der Waals surface area contributed by atoms with Gasteiger partial charge in [-0.3, -0.25) is 5.84 Å². The van der Waals surface area contributed by atoms with Crippen LogP contribution in [0.4, 0.5) is 0 Å². The predicted octanol–water partition coefficient (Wildman–Crippen LogP) is 1.29. The topological polar surface area (TPSA) is 59.3 Å². The molecular weight excluding hydrogens is 214 g/mol. The lowest BCUT2D eigenvalue weighted by molar-refractivity contribution is 0.410. The molecule has 1 rings (SSSR count). The third kappa shape index (κ3) is 3.70. The number of ether oxygens (including phenoxy) is 1. The second-order valence-corrected chi connectivity index (χ2v) is 4.88. The normalized spacial score (nSPS) is 11.6. The van der Waals surface area contributed by atoms with E-state index in [2.05, 4.69) is 43.6 Å². The number of hydrogen-bond donors (Lipinski definition) is 3. The lowest BCUT2D eigenvalue weighted by Gasteiger charge is -2.26. The summed E-state index contributed by atoms with van der Waals surface area (Å²) in [4.78, 5) is 0. The Morgan fingerprint density at radius 1 is 1.35 bits per heavy atom. The first kappa shape index (κ1) is 14.0. The third-order valence-corrected chi connectivity index (χ3v) is 2.97. The summed E-state index contributed by atoms with van der Waals surface area (Å²) in [6.45, 7) is 7.95. The van der Waals surface area contributed by atoms with E-state index in [-0.39, 0.29) is 5.41 Å². The van der Waals surface area contributed by atoms with Crippen LogP contribution in [0.5, 0.6) is 5.75 Å². The Hall–Kier alpha value is -1.10. The zero-order valence-corrected chi connectivity index (χ0v) is 11.1. The van der Waals surface area contributed by atoms with Gasteiger partial charge in [0.05, 0.1) is 13.8 Å². The Morgan fingerprint density at radius 3 is 2.59 bits per heavy atom. The highest BCUT2D eigenvalue weighted by Crippen LogP contribution is 2.27. The maximum atomic E-state index is 5.27. The maximum absolute atomic E-state index is 5.27. The summed E-state index contributed by atoms with van der Waals surface area (Å²) in [6.07, 6.45) is 0. The van der Waals surface area contributed by atoms with Gasteiger partial charge in [0, 0.05) is 12.0 Å². The second kappa shape index (κ2) is 6.00. The van der Waals surface area contributed by atoms with Crippen molar-refractivity contribution in [1.82, 2.24) is 10.7 Å². The van der Waals surface area contributed by atoms with Crippen molar-refractivity contribution in [2.75, 3.05) is 20.3 Å². The standard InChI is InChI=1S/C13H23N3O/c1-10-7-11(5-6-12(10)17-4)13(2,3)8-15-9-16-14/h5-7,15-16H,8-9,14H2,1-4H3. The molecule has 0 fully saturated rings. The van der Waals surface area contributed by atoms with Crippen LogP contribution in [0.2, 0.25) is 0 Å². The molecule has 0 spiro atoms. The quantitative estimate of drug-likeness (QED) is 0.302. The van der Waals surface area contributed by atoms with Gasteiger partial charge in [0.15, 0.2) is 0 Å². The van der Waals surface area contributed by atoms with Crippen LogP contribution in [0.25, 0.3) is 0 Å². The van der Waals surface area contributed by atoms with Crippen LogP contribution >= 0.6 is 0 Å². The molecule has 1 aromatic rings. The van der Waals surface area contributed by atoms with Gasteiger partial charge in [-0.25, -0.2) is 5.43 Å². The lowest BCUT2D eigenvalue weighted by atomic mass is 9.84. The van der Waals surface area contributed by atoms with Crippen LogP contribution in [0.15, 0.2) is 18.2 Å². The first-order valence-electron chi connectivity index (χ1n) is 5.80. The van der Waals surface area contributed by atoms with Gasteiger partial charge < -0.3 is 10.1 Å². The van der Waals surface area contributed by atoms with E-state index in [1.807, 2.05) is 6.07 Å². The minimum atomic E-state index is 0.0634. The number of nitrogens with two attached hydrogens (primary N) is 1. The third-order valence-electron chi connectivity index (χ3n) is 2.97. The minimum absolute atomic E-state index is 0.0634. The van der Waals surface area contributed by atoms with Crippen molar-refractivity contribution in [3.63, 3.8) is 0 Å². The number of aryl methyl sites for hydroxylation is 1. The van der Waals surface area contributed by atoms with E-state index in [9.17, 15) is 0 Å². The van der Waals surface area contributed by atoms with Crippen molar-refractivity contribution in [3.05, 3.63) is 29.3 Å². The molecule has 0 aliphatic carbocycles. The molecule has 17 heavy (non-hydrogen) atoms. The summed E-state index contributed by atoms with van der Waals surface area (Å²) < 4.78 is 5.27.